The van der Waals surface area contributed by atoms with Gasteiger partial charge >= 0.3 is 80.9 Å². The quantitative estimate of drug-likeness (QED) is 0.348. The Morgan fingerprint density at radius 2 is 1.00 bits per heavy atom. The molecule has 0 aliphatic rings. The van der Waals surface area contributed by atoms with E-state index in [1.165, 1.54) is 0 Å². The zero-order chi connectivity index (χ0) is 3.58. The zero-order valence-corrected chi connectivity index (χ0v) is 10.6. The molecule has 3 nitrogen and oxygen atoms in total. The van der Waals surface area contributed by atoms with Crippen LogP contribution in [0.4, 0.5) is 0 Å². The van der Waals surface area contributed by atoms with Crippen LogP contribution in [0.25, 0.3) is 0 Å². The van der Waals surface area contributed by atoms with Crippen molar-refractivity contribution < 1.29 is 118 Å². The molecule has 0 aliphatic heterocycles. The summed E-state index contributed by atoms with van der Waals surface area (Å²) < 4.78 is 25.2. The number of hydrogen-bond donors (Lipinski definition) is 0. The van der Waals surface area contributed by atoms with Crippen molar-refractivity contribution >= 4 is 0 Å². The molecule has 0 spiro atoms. The van der Waals surface area contributed by atoms with E-state index in [0.717, 1.165) is 0 Å². The molecule has 7 heavy (non-hydrogen) atoms. The molecule has 34 valence electrons. The van der Waals surface area contributed by atoms with Gasteiger partial charge in [0.15, 0.2) is 0 Å². The third-order valence-electron chi connectivity index (χ3n) is 0. The van der Waals surface area contributed by atoms with Gasteiger partial charge in [0.2, 0.25) is 0 Å². The molecule has 0 N–H and O–H groups in total. The van der Waals surface area contributed by atoms with Crippen molar-refractivity contribution in [3.05, 3.63) is 0 Å². The van der Waals surface area contributed by atoms with E-state index >= 15 is 0 Å². The van der Waals surface area contributed by atoms with Crippen LogP contribution in [0.3, 0.4) is 0 Å². The number of rotatable bonds is 0. The Balaban J connectivity index is -0.0000000150. The van der Waals surface area contributed by atoms with Gasteiger partial charge in [0, 0.05) is 0 Å². The maximum absolute atomic E-state index is 8.41. The van der Waals surface area contributed by atoms with Gasteiger partial charge in [0.1, 0.15) is 0 Å². The van der Waals surface area contributed by atoms with Gasteiger partial charge in [0.05, 0.1) is 10.8 Å². The first-order chi connectivity index (χ1) is 1.73. The van der Waals surface area contributed by atoms with Crippen molar-refractivity contribution in [1.82, 2.24) is 0 Å². The van der Waals surface area contributed by atoms with E-state index in [1.807, 2.05) is 0 Å². The molecule has 0 fully saturated rings. The normalized spacial score (nSPS) is 5.14. The minimum Gasteiger partial charge on any atom is -1.00 e. The molecule has 0 atom stereocenters. The Kier molecular flexibility index (Phi) is 51.5. The predicted octanol–water partition coefficient (Wildman–Crippen LogP) is -12.6. The van der Waals surface area contributed by atoms with Gasteiger partial charge < -0.3 is 26.4 Å². The fraction of sp³-hybridized carbons (Fsp3) is 0. The van der Waals surface area contributed by atoms with Crippen molar-refractivity contribution in [2.45, 2.75) is 0 Å². The third-order valence-corrected chi connectivity index (χ3v) is 0. The van der Waals surface area contributed by atoms with Gasteiger partial charge in [-0.1, -0.05) is 0 Å². The van der Waals surface area contributed by atoms with Crippen LogP contribution < -0.4 is 107 Å². The monoisotopic (exact) mass is 180 g/mol. The largest absolute Gasteiger partial charge is 1.00 e. The second-order valence-corrected chi connectivity index (χ2v) is 0.567. The number of halogens is 2. The summed E-state index contributed by atoms with van der Waals surface area (Å²) in [6.07, 6.45) is 0. The van der Waals surface area contributed by atoms with Crippen molar-refractivity contribution in [2.75, 3.05) is 0 Å². The van der Waals surface area contributed by atoms with Crippen LogP contribution in [0.5, 0.6) is 0 Å². The van der Waals surface area contributed by atoms with Gasteiger partial charge in [-0.15, -0.1) is 0 Å². The molecule has 0 aromatic heterocycles. The fourth-order valence-corrected chi connectivity index (χ4v) is 0. The average Bonchev–Trinajstić information content (AvgIpc) is 0.811. The first kappa shape index (κ1) is 22.5. The van der Waals surface area contributed by atoms with Crippen LogP contribution in [-0.4, -0.2) is 0 Å². The molecular weight excluding hydrogens is 181 g/mol. The zero-order valence-electron chi connectivity index (χ0n) is 3.98. The van der Waals surface area contributed by atoms with E-state index in [0.29, 0.717) is 0 Å². The van der Waals surface area contributed by atoms with Gasteiger partial charge in [-0.05, 0) is 0 Å². The molecule has 0 unspecified atom stereocenters. The molecular formula is Cl2KNaO3. The predicted molar refractivity (Wildman–Crippen MR) is 0 cm³/mol. The van der Waals surface area contributed by atoms with E-state index in [1.54, 1.807) is 0 Å². The summed E-state index contributed by atoms with van der Waals surface area (Å²) in [7, 11) is -2.85. The smallest absolute Gasteiger partial charge is 1.00 e. The molecule has 0 rings (SSSR count). The molecule has 7 heteroatoms. The first-order valence-electron chi connectivity index (χ1n) is 0.463. The fourth-order valence-electron chi connectivity index (χ4n) is 0. The van der Waals surface area contributed by atoms with Gasteiger partial charge in [-0.3, -0.25) is 0 Å². The van der Waals surface area contributed by atoms with Gasteiger partial charge in [-0.25, -0.2) is 0 Å². The molecule has 0 aromatic rings. The Morgan fingerprint density at radius 1 is 1.00 bits per heavy atom. The summed E-state index contributed by atoms with van der Waals surface area (Å²) in [5.74, 6) is 0. The van der Waals surface area contributed by atoms with Crippen LogP contribution in [-0.2, 0) is 0 Å². The second-order valence-electron chi connectivity index (χ2n) is 0.189. The maximum Gasteiger partial charge on any atom is 1.00 e. The van der Waals surface area contributed by atoms with E-state index < -0.39 is 10.8 Å². The Morgan fingerprint density at radius 3 is 1.00 bits per heavy atom. The van der Waals surface area contributed by atoms with Crippen LogP contribution in [0, 0.1) is 10.8 Å². The second kappa shape index (κ2) is 16.0. The van der Waals surface area contributed by atoms with Crippen molar-refractivity contribution in [2.24, 2.45) is 0 Å². The maximum atomic E-state index is 8.41. The van der Waals surface area contributed by atoms with Crippen LogP contribution in [0.15, 0.2) is 0 Å². The molecule has 0 aromatic carbocycles. The van der Waals surface area contributed by atoms with E-state index in [2.05, 4.69) is 0 Å². The SMILES string of the molecule is [Cl-].[K+].[Na+].[O-][Cl+2]([O-])[O-]. The first-order valence-corrected chi connectivity index (χ1v) is 1.39. The average molecular weight is 181 g/mol. The summed E-state index contributed by atoms with van der Waals surface area (Å²) in [4.78, 5) is 0. The Bertz CT molecular complexity index is 17.7. The minimum absolute atomic E-state index is 0. The van der Waals surface area contributed by atoms with Crippen molar-refractivity contribution in [3.8, 4) is 0 Å². The molecule has 0 heterocycles. The van der Waals surface area contributed by atoms with E-state index in [-0.39, 0.29) is 93.3 Å². The molecule has 0 aliphatic carbocycles. The molecule has 0 amide bonds. The summed E-state index contributed by atoms with van der Waals surface area (Å²) in [5, 5.41) is 0. The minimum atomic E-state index is -2.85. The van der Waals surface area contributed by atoms with Crippen molar-refractivity contribution in [3.63, 3.8) is 0 Å². The van der Waals surface area contributed by atoms with Crippen LogP contribution in [0.2, 0.25) is 0 Å². The molecule has 0 bridgehead atoms. The topological polar surface area (TPSA) is 69.2 Å². The molecule has 0 saturated carbocycles. The van der Waals surface area contributed by atoms with Crippen LogP contribution >= 0.6 is 0 Å². The Hall–Kier alpha value is 3.10. The summed E-state index contributed by atoms with van der Waals surface area (Å²) in [5.41, 5.74) is 0. The molecule has 0 radical (unpaired) electrons. The van der Waals surface area contributed by atoms with E-state index in [4.69, 9.17) is 14.0 Å². The Labute approximate surface area is 115 Å². The van der Waals surface area contributed by atoms with Crippen LogP contribution in [0.1, 0.15) is 0 Å². The molecule has 0 saturated heterocycles. The number of hydrogen-bond acceptors (Lipinski definition) is 3. The summed E-state index contributed by atoms with van der Waals surface area (Å²) in [6.45, 7) is 0. The van der Waals surface area contributed by atoms with Gasteiger partial charge in [-0.2, -0.15) is 0 Å². The summed E-state index contributed by atoms with van der Waals surface area (Å²) >= 11 is 0. The van der Waals surface area contributed by atoms with Crippen molar-refractivity contribution in [1.29, 1.82) is 0 Å². The standard InChI is InChI=1S/ClO3.ClH.K.Na/c2-1(3)4;;;/h;1H;;/q-1;;2*+1/p-1. The van der Waals surface area contributed by atoms with Gasteiger partial charge in [0.25, 0.3) is 0 Å². The summed E-state index contributed by atoms with van der Waals surface area (Å²) in [6, 6.07) is 0. The van der Waals surface area contributed by atoms with E-state index in [9.17, 15) is 0 Å². The third kappa shape index (κ3) is 47.8.